The zero-order valence-corrected chi connectivity index (χ0v) is 14.6. The molecule has 0 fully saturated rings. The van der Waals surface area contributed by atoms with E-state index in [9.17, 15) is 9.59 Å². The molecular weight excluding hydrogens is 314 g/mol. The third-order valence-corrected chi connectivity index (χ3v) is 4.54. The lowest BCUT2D eigenvalue weighted by Crippen LogP contribution is -2.37. The van der Waals surface area contributed by atoms with Crippen LogP contribution in [0.1, 0.15) is 31.0 Å². The molecule has 1 aliphatic rings. The number of amides is 2. The molecule has 130 valence electrons. The number of benzene rings is 2. The van der Waals surface area contributed by atoms with Gasteiger partial charge in [0.15, 0.2) is 0 Å². The minimum absolute atomic E-state index is 0.0104. The van der Waals surface area contributed by atoms with Crippen LogP contribution >= 0.6 is 0 Å². The van der Waals surface area contributed by atoms with Gasteiger partial charge < -0.3 is 10.6 Å². The maximum atomic E-state index is 13.0. The molecule has 3 rings (SSSR count). The highest BCUT2D eigenvalue weighted by atomic mass is 16.2. The Morgan fingerprint density at radius 1 is 1.16 bits per heavy atom. The van der Waals surface area contributed by atoms with Gasteiger partial charge in [0.25, 0.3) is 0 Å². The quantitative estimate of drug-likeness (QED) is 0.851. The predicted molar refractivity (Wildman–Crippen MR) is 99.5 cm³/mol. The molecule has 25 heavy (non-hydrogen) atoms. The topological polar surface area (TPSA) is 61.4 Å². The number of anilines is 2. The normalized spacial score (nSPS) is 14.1. The number of carbonyl (C=O) groups excluding carboxylic acids is 2. The van der Waals surface area contributed by atoms with Crippen molar-refractivity contribution in [2.45, 2.75) is 26.3 Å². The lowest BCUT2D eigenvalue weighted by molar-refractivity contribution is -0.121. The lowest BCUT2D eigenvalue weighted by Gasteiger charge is -2.29. The first kappa shape index (κ1) is 17.2. The largest absolute Gasteiger partial charge is 0.326 e. The maximum absolute atomic E-state index is 13.0. The average Bonchev–Trinajstić information content (AvgIpc) is 2.99. The van der Waals surface area contributed by atoms with Crippen molar-refractivity contribution in [3.8, 4) is 0 Å². The summed E-state index contributed by atoms with van der Waals surface area (Å²) in [5.74, 6) is -0.0732. The fourth-order valence-corrected chi connectivity index (χ4v) is 3.27. The van der Waals surface area contributed by atoms with E-state index in [1.165, 1.54) is 0 Å². The zero-order chi connectivity index (χ0) is 17.8. The number of nitrogens with one attached hydrogen (secondary N) is 2. The van der Waals surface area contributed by atoms with E-state index < -0.39 is 0 Å². The molecule has 0 unspecified atom stereocenters. The van der Waals surface area contributed by atoms with Crippen molar-refractivity contribution in [2.24, 2.45) is 0 Å². The third kappa shape index (κ3) is 3.72. The SMILES string of the molecule is CCN(CC)[C@H](C(=O)Nc1ccc2c(c1)CC(=O)N2)c1ccccc1. The first-order valence-electron chi connectivity index (χ1n) is 8.65. The number of likely N-dealkylation sites (N-methyl/N-ethyl adjacent to an activating group) is 1. The summed E-state index contributed by atoms with van der Waals surface area (Å²) in [7, 11) is 0. The molecule has 2 aromatic carbocycles. The first-order valence-corrected chi connectivity index (χ1v) is 8.65. The summed E-state index contributed by atoms with van der Waals surface area (Å²) in [6.07, 6.45) is 0.358. The summed E-state index contributed by atoms with van der Waals surface area (Å²) in [6, 6.07) is 15.0. The van der Waals surface area contributed by atoms with Gasteiger partial charge in [-0.15, -0.1) is 0 Å². The van der Waals surface area contributed by atoms with Gasteiger partial charge in [-0.05, 0) is 42.4 Å². The van der Waals surface area contributed by atoms with Crippen molar-refractivity contribution in [3.05, 3.63) is 59.7 Å². The van der Waals surface area contributed by atoms with Gasteiger partial charge in [-0.25, -0.2) is 0 Å². The predicted octanol–water partition coefficient (Wildman–Crippen LogP) is 3.20. The minimum Gasteiger partial charge on any atom is -0.326 e. The van der Waals surface area contributed by atoms with Crippen molar-refractivity contribution >= 4 is 23.2 Å². The van der Waals surface area contributed by atoms with Crippen molar-refractivity contribution in [3.63, 3.8) is 0 Å². The second-order valence-electron chi connectivity index (χ2n) is 6.12. The molecule has 0 aliphatic carbocycles. The number of nitrogens with zero attached hydrogens (tertiary/aromatic N) is 1. The molecule has 5 nitrogen and oxygen atoms in total. The summed E-state index contributed by atoms with van der Waals surface area (Å²) in [5, 5.41) is 5.82. The molecule has 0 spiro atoms. The van der Waals surface area contributed by atoms with Gasteiger partial charge >= 0.3 is 0 Å². The van der Waals surface area contributed by atoms with Crippen LogP contribution < -0.4 is 10.6 Å². The Kier molecular flexibility index (Phi) is 5.14. The Hall–Kier alpha value is -2.66. The average molecular weight is 337 g/mol. The van der Waals surface area contributed by atoms with Gasteiger partial charge in [-0.1, -0.05) is 44.2 Å². The van der Waals surface area contributed by atoms with Crippen molar-refractivity contribution in [1.82, 2.24) is 4.90 Å². The van der Waals surface area contributed by atoms with E-state index in [1.807, 2.05) is 48.5 Å². The molecule has 5 heteroatoms. The van der Waals surface area contributed by atoms with Gasteiger partial charge in [0.2, 0.25) is 11.8 Å². The number of fused-ring (bicyclic) bond motifs is 1. The second-order valence-corrected chi connectivity index (χ2v) is 6.12. The van der Waals surface area contributed by atoms with Crippen LogP contribution in [-0.2, 0) is 16.0 Å². The Balaban J connectivity index is 1.84. The van der Waals surface area contributed by atoms with Crippen molar-refractivity contribution < 1.29 is 9.59 Å². The van der Waals surface area contributed by atoms with E-state index in [1.54, 1.807) is 0 Å². The Morgan fingerprint density at radius 3 is 2.56 bits per heavy atom. The van der Waals surface area contributed by atoms with E-state index in [4.69, 9.17) is 0 Å². The van der Waals surface area contributed by atoms with Crippen LogP contribution in [0.2, 0.25) is 0 Å². The molecule has 0 radical (unpaired) electrons. The summed E-state index contributed by atoms with van der Waals surface area (Å²) in [6.45, 7) is 5.68. The van der Waals surface area contributed by atoms with E-state index in [-0.39, 0.29) is 17.9 Å². The molecule has 1 atom stereocenters. The maximum Gasteiger partial charge on any atom is 0.246 e. The molecule has 1 aliphatic heterocycles. The lowest BCUT2D eigenvalue weighted by atomic mass is 10.0. The Bertz CT molecular complexity index is 770. The molecule has 0 bridgehead atoms. The molecule has 2 aromatic rings. The van der Waals surface area contributed by atoms with Gasteiger partial charge in [-0.2, -0.15) is 0 Å². The summed E-state index contributed by atoms with van der Waals surface area (Å²) < 4.78 is 0. The van der Waals surface area contributed by atoms with Crippen LogP contribution in [0.15, 0.2) is 48.5 Å². The standard InChI is InChI=1S/C20H23N3O2/c1-3-23(4-2)19(14-8-6-5-7-9-14)20(25)21-16-10-11-17-15(12-16)13-18(24)22-17/h5-12,19H,3-4,13H2,1-2H3,(H,21,25)(H,22,24)/t19-/m0/s1. The van der Waals surface area contributed by atoms with E-state index in [0.29, 0.717) is 12.1 Å². The zero-order valence-electron chi connectivity index (χ0n) is 14.6. The molecule has 2 amide bonds. The van der Waals surface area contributed by atoms with Crippen molar-refractivity contribution in [2.75, 3.05) is 23.7 Å². The summed E-state index contributed by atoms with van der Waals surface area (Å²) >= 11 is 0. The van der Waals surface area contributed by atoms with Crippen LogP contribution in [0.3, 0.4) is 0 Å². The number of rotatable bonds is 6. The first-order chi connectivity index (χ1) is 12.1. The summed E-state index contributed by atoms with van der Waals surface area (Å²) in [5.41, 5.74) is 3.43. The van der Waals surface area contributed by atoms with E-state index in [0.717, 1.165) is 29.9 Å². The summed E-state index contributed by atoms with van der Waals surface area (Å²) in [4.78, 5) is 26.6. The Labute approximate surface area is 148 Å². The molecule has 1 heterocycles. The number of hydrogen-bond donors (Lipinski definition) is 2. The fraction of sp³-hybridized carbons (Fsp3) is 0.300. The van der Waals surface area contributed by atoms with E-state index in [2.05, 4.69) is 29.4 Å². The van der Waals surface area contributed by atoms with Crippen molar-refractivity contribution in [1.29, 1.82) is 0 Å². The monoisotopic (exact) mass is 337 g/mol. The van der Waals surface area contributed by atoms with Crippen LogP contribution in [0.4, 0.5) is 11.4 Å². The Morgan fingerprint density at radius 2 is 1.88 bits per heavy atom. The number of carbonyl (C=O) groups is 2. The van der Waals surface area contributed by atoms with Crippen LogP contribution in [0, 0.1) is 0 Å². The molecule has 0 saturated heterocycles. The highest BCUT2D eigenvalue weighted by Gasteiger charge is 2.26. The van der Waals surface area contributed by atoms with Gasteiger partial charge in [0.1, 0.15) is 6.04 Å². The van der Waals surface area contributed by atoms with Crippen LogP contribution in [-0.4, -0.2) is 29.8 Å². The highest BCUT2D eigenvalue weighted by Crippen LogP contribution is 2.27. The molecular formula is C20H23N3O2. The second kappa shape index (κ2) is 7.49. The fourth-order valence-electron chi connectivity index (χ4n) is 3.27. The highest BCUT2D eigenvalue weighted by molar-refractivity contribution is 6.01. The van der Waals surface area contributed by atoms with Gasteiger partial charge in [0, 0.05) is 11.4 Å². The third-order valence-electron chi connectivity index (χ3n) is 4.54. The molecule has 0 aromatic heterocycles. The van der Waals surface area contributed by atoms with Crippen LogP contribution in [0.25, 0.3) is 0 Å². The number of hydrogen-bond acceptors (Lipinski definition) is 3. The van der Waals surface area contributed by atoms with Gasteiger partial charge in [-0.3, -0.25) is 14.5 Å². The minimum atomic E-state index is -0.343. The van der Waals surface area contributed by atoms with E-state index >= 15 is 0 Å². The molecule has 2 N–H and O–H groups in total. The molecule has 0 saturated carbocycles. The van der Waals surface area contributed by atoms with Gasteiger partial charge in [0.05, 0.1) is 6.42 Å². The van der Waals surface area contributed by atoms with Crippen LogP contribution in [0.5, 0.6) is 0 Å². The smallest absolute Gasteiger partial charge is 0.246 e.